The van der Waals surface area contributed by atoms with Crippen LogP contribution in [0.2, 0.25) is 0 Å². The Bertz CT molecular complexity index is 1570. The summed E-state index contributed by atoms with van der Waals surface area (Å²) in [6, 6.07) is 19.8. The van der Waals surface area contributed by atoms with Gasteiger partial charge in [-0.25, -0.2) is 8.42 Å². The lowest BCUT2D eigenvalue weighted by Crippen LogP contribution is -2.27. The average molecular weight is 489 g/mol. The van der Waals surface area contributed by atoms with Gasteiger partial charge >= 0.3 is 0 Å². The zero-order chi connectivity index (χ0) is 24.6. The number of amides is 1. The van der Waals surface area contributed by atoms with E-state index in [1.165, 1.54) is 22.5 Å². The minimum absolute atomic E-state index is 0.123. The summed E-state index contributed by atoms with van der Waals surface area (Å²) in [5.74, 6) is 0.0928. The van der Waals surface area contributed by atoms with Gasteiger partial charge in [-0.3, -0.25) is 9.59 Å². The number of sulfonamides is 1. The first-order chi connectivity index (χ1) is 16.8. The molecule has 178 valence electrons. The van der Waals surface area contributed by atoms with E-state index in [0.29, 0.717) is 46.6 Å². The highest BCUT2D eigenvalue weighted by molar-refractivity contribution is 7.89. The summed E-state index contributed by atoms with van der Waals surface area (Å²) >= 11 is 0. The molecular formula is C27H24N2O5S. The molecule has 0 radical (unpaired) electrons. The van der Waals surface area contributed by atoms with Gasteiger partial charge in [-0.1, -0.05) is 23.8 Å². The van der Waals surface area contributed by atoms with E-state index in [2.05, 4.69) is 5.32 Å². The smallest absolute Gasteiger partial charge is 0.255 e. The van der Waals surface area contributed by atoms with Crippen LogP contribution in [-0.2, 0) is 10.0 Å². The molecule has 3 aromatic carbocycles. The largest absolute Gasteiger partial charge is 0.456 e. The molecule has 1 amide bonds. The Kier molecular flexibility index (Phi) is 6.00. The van der Waals surface area contributed by atoms with Crippen molar-refractivity contribution in [3.63, 3.8) is 0 Å². The summed E-state index contributed by atoms with van der Waals surface area (Å²) in [4.78, 5) is 25.4. The number of anilines is 1. The number of rotatable bonds is 5. The highest BCUT2D eigenvalue weighted by atomic mass is 32.2. The Morgan fingerprint density at radius 2 is 1.60 bits per heavy atom. The van der Waals surface area contributed by atoms with Gasteiger partial charge in [0.05, 0.1) is 10.3 Å². The number of aryl methyl sites for hydroxylation is 1. The lowest BCUT2D eigenvalue weighted by atomic mass is 10.1. The molecular weight excluding hydrogens is 464 g/mol. The van der Waals surface area contributed by atoms with Crippen molar-refractivity contribution in [2.75, 3.05) is 18.4 Å². The van der Waals surface area contributed by atoms with Crippen LogP contribution in [0.4, 0.5) is 5.69 Å². The van der Waals surface area contributed by atoms with Crippen LogP contribution in [0, 0.1) is 6.92 Å². The van der Waals surface area contributed by atoms with E-state index < -0.39 is 10.0 Å². The van der Waals surface area contributed by atoms with Crippen molar-refractivity contribution in [2.24, 2.45) is 0 Å². The number of carbonyl (C=O) groups excluding carboxylic acids is 1. The number of fused-ring (bicyclic) bond motifs is 1. The first-order valence-electron chi connectivity index (χ1n) is 11.4. The predicted molar refractivity (Wildman–Crippen MR) is 135 cm³/mol. The van der Waals surface area contributed by atoms with Gasteiger partial charge < -0.3 is 9.73 Å². The fourth-order valence-corrected chi connectivity index (χ4v) is 5.71. The van der Waals surface area contributed by atoms with Crippen molar-refractivity contribution in [3.8, 4) is 11.3 Å². The van der Waals surface area contributed by atoms with Crippen molar-refractivity contribution in [3.05, 3.63) is 94.1 Å². The van der Waals surface area contributed by atoms with E-state index in [4.69, 9.17) is 4.42 Å². The first kappa shape index (κ1) is 23.0. The van der Waals surface area contributed by atoms with Crippen molar-refractivity contribution in [2.45, 2.75) is 24.7 Å². The van der Waals surface area contributed by atoms with Gasteiger partial charge in [0.25, 0.3) is 5.91 Å². The molecule has 0 bridgehead atoms. The summed E-state index contributed by atoms with van der Waals surface area (Å²) < 4.78 is 32.7. The van der Waals surface area contributed by atoms with E-state index in [1.807, 2.05) is 13.0 Å². The summed E-state index contributed by atoms with van der Waals surface area (Å²) in [6.45, 7) is 3.00. The van der Waals surface area contributed by atoms with Crippen LogP contribution in [0.5, 0.6) is 0 Å². The molecule has 1 aliphatic heterocycles. The molecule has 1 saturated heterocycles. The van der Waals surface area contributed by atoms with Crippen LogP contribution in [0.25, 0.3) is 22.3 Å². The molecule has 0 aliphatic carbocycles. The van der Waals surface area contributed by atoms with E-state index in [0.717, 1.165) is 18.4 Å². The van der Waals surface area contributed by atoms with Crippen molar-refractivity contribution >= 4 is 32.6 Å². The zero-order valence-corrected chi connectivity index (χ0v) is 20.0. The molecule has 4 aromatic rings. The summed E-state index contributed by atoms with van der Waals surface area (Å²) in [6.07, 6.45) is 1.75. The molecule has 5 rings (SSSR count). The second-order valence-corrected chi connectivity index (χ2v) is 10.6. The van der Waals surface area contributed by atoms with Gasteiger partial charge in [-0.15, -0.1) is 0 Å². The molecule has 0 atom stereocenters. The second-order valence-electron chi connectivity index (χ2n) is 8.64. The third-order valence-corrected chi connectivity index (χ3v) is 8.04. The number of nitrogens with one attached hydrogen (secondary N) is 1. The van der Waals surface area contributed by atoms with Gasteiger partial charge in [0, 0.05) is 36.0 Å². The lowest BCUT2D eigenvalue weighted by molar-refractivity contribution is 0.102. The maximum atomic E-state index is 12.7. The minimum Gasteiger partial charge on any atom is -0.456 e. The Labute approximate surface area is 203 Å². The van der Waals surface area contributed by atoms with Gasteiger partial charge in [-0.2, -0.15) is 4.31 Å². The lowest BCUT2D eigenvalue weighted by Gasteiger charge is -2.15. The fourth-order valence-electron chi connectivity index (χ4n) is 4.19. The SMILES string of the molecule is Cc1ccc2oc(-c3ccc(C(=O)Nc4ccc(S(=O)(=O)N5CCCC5)cc4)cc3)cc(=O)c2c1. The molecule has 1 fully saturated rings. The quantitative estimate of drug-likeness (QED) is 0.435. The first-order valence-corrected chi connectivity index (χ1v) is 12.8. The number of hydrogen-bond donors (Lipinski definition) is 1. The Hall–Kier alpha value is -3.75. The van der Waals surface area contributed by atoms with Gasteiger partial charge in [0.15, 0.2) is 5.43 Å². The van der Waals surface area contributed by atoms with Gasteiger partial charge in [0.1, 0.15) is 11.3 Å². The zero-order valence-electron chi connectivity index (χ0n) is 19.2. The molecule has 1 N–H and O–H groups in total. The third kappa shape index (κ3) is 4.62. The molecule has 7 nitrogen and oxygen atoms in total. The summed E-state index contributed by atoms with van der Waals surface area (Å²) in [7, 11) is -3.50. The molecule has 2 heterocycles. The highest BCUT2D eigenvalue weighted by Gasteiger charge is 2.27. The number of benzene rings is 3. The summed E-state index contributed by atoms with van der Waals surface area (Å²) in [5, 5.41) is 3.31. The number of carbonyl (C=O) groups is 1. The van der Waals surface area contributed by atoms with E-state index in [-0.39, 0.29) is 16.2 Å². The van der Waals surface area contributed by atoms with E-state index in [9.17, 15) is 18.0 Å². The fraction of sp³-hybridized carbons (Fsp3) is 0.185. The molecule has 35 heavy (non-hydrogen) atoms. The molecule has 1 aliphatic rings. The van der Waals surface area contributed by atoms with Crippen LogP contribution in [0.1, 0.15) is 28.8 Å². The van der Waals surface area contributed by atoms with E-state index in [1.54, 1.807) is 48.5 Å². The Balaban J connectivity index is 1.31. The maximum absolute atomic E-state index is 12.7. The minimum atomic E-state index is -3.50. The normalized spacial score (nSPS) is 14.3. The monoisotopic (exact) mass is 488 g/mol. The van der Waals surface area contributed by atoms with Crippen LogP contribution in [0.15, 0.2) is 86.9 Å². The van der Waals surface area contributed by atoms with Crippen LogP contribution >= 0.6 is 0 Å². The van der Waals surface area contributed by atoms with E-state index >= 15 is 0 Å². The molecule has 1 aromatic heterocycles. The second kappa shape index (κ2) is 9.13. The highest BCUT2D eigenvalue weighted by Crippen LogP contribution is 2.25. The topological polar surface area (TPSA) is 96.7 Å². The van der Waals surface area contributed by atoms with Crippen molar-refractivity contribution in [1.29, 1.82) is 0 Å². The third-order valence-electron chi connectivity index (χ3n) is 6.13. The van der Waals surface area contributed by atoms with Crippen LogP contribution in [0.3, 0.4) is 0 Å². The molecule has 0 saturated carbocycles. The van der Waals surface area contributed by atoms with Gasteiger partial charge in [0.2, 0.25) is 10.0 Å². The predicted octanol–water partition coefficient (Wildman–Crippen LogP) is 4.81. The Morgan fingerprint density at radius 1 is 0.914 bits per heavy atom. The van der Waals surface area contributed by atoms with Crippen molar-refractivity contribution in [1.82, 2.24) is 4.31 Å². The maximum Gasteiger partial charge on any atom is 0.255 e. The van der Waals surface area contributed by atoms with Crippen LogP contribution in [-0.4, -0.2) is 31.7 Å². The standard InChI is InChI=1S/C27H24N2O5S/c1-18-4-13-25-23(16-18)24(30)17-26(34-25)19-5-7-20(8-6-19)27(31)28-21-9-11-22(12-10-21)35(32,33)29-14-2-3-15-29/h4-13,16-17H,2-3,14-15H2,1H3,(H,28,31). The van der Waals surface area contributed by atoms with Crippen molar-refractivity contribution < 1.29 is 17.6 Å². The number of nitrogens with zero attached hydrogens (tertiary/aromatic N) is 1. The molecule has 8 heteroatoms. The Morgan fingerprint density at radius 3 is 2.29 bits per heavy atom. The molecule has 0 unspecified atom stereocenters. The van der Waals surface area contributed by atoms with Crippen LogP contribution < -0.4 is 10.7 Å². The van der Waals surface area contributed by atoms with Gasteiger partial charge in [-0.05, 0) is 68.3 Å². The number of hydrogen-bond acceptors (Lipinski definition) is 5. The molecule has 0 spiro atoms. The average Bonchev–Trinajstić information content (AvgIpc) is 3.41. The summed E-state index contributed by atoms with van der Waals surface area (Å²) in [5.41, 5.74) is 2.96.